The van der Waals surface area contributed by atoms with Crippen molar-refractivity contribution in [3.8, 4) is 0 Å². The highest BCUT2D eigenvalue weighted by molar-refractivity contribution is 5.89. The third-order valence-electron chi connectivity index (χ3n) is 2.22. The molecule has 4 nitrogen and oxygen atoms in total. The van der Waals surface area contributed by atoms with Crippen LogP contribution in [0.25, 0.3) is 0 Å². The average molecular weight is 173 g/mol. The second-order valence-electron chi connectivity index (χ2n) is 3.12. The van der Waals surface area contributed by atoms with E-state index in [0.29, 0.717) is 26.1 Å². The standard InChI is InChI=1S/C8H15NO3/c1-11-6-7(10)8(9)2-4-12-5-3-8/h2-6,9H2,1H3. The number of Topliss-reactive ketones (excluding diaryl/α,β-unsaturated/α-hetero) is 1. The Labute approximate surface area is 72.0 Å². The Balaban J connectivity index is 2.50. The van der Waals surface area contributed by atoms with Crippen LogP contribution in [0.2, 0.25) is 0 Å². The van der Waals surface area contributed by atoms with Gasteiger partial charge in [-0.05, 0) is 12.8 Å². The highest BCUT2D eigenvalue weighted by Gasteiger charge is 2.35. The van der Waals surface area contributed by atoms with Crippen LogP contribution in [0.15, 0.2) is 0 Å². The lowest BCUT2D eigenvalue weighted by Gasteiger charge is -2.31. The van der Waals surface area contributed by atoms with Crippen molar-refractivity contribution in [1.82, 2.24) is 0 Å². The molecule has 0 saturated carbocycles. The van der Waals surface area contributed by atoms with Gasteiger partial charge in [0.25, 0.3) is 0 Å². The molecular formula is C8H15NO3. The minimum Gasteiger partial charge on any atom is -0.381 e. The van der Waals surface area contributed by atoms with Crippen LogP contribution in [-0.2, 0) is 14.3 Å². The van der Waals surface area contributed by atoms with Gasteiger partial charge < -0.3 is 15.2 Å². The summed E-state index contributed by atoms with van der Waals surface area (Å²) < 4.78 is 9.87. The van der Waals surface area contributed by atoms with E-state index in [1.54, 1.807) is 0 Å². The van der Waals surface area contributed by atoms with Crippen molar-refractivity contribution in [1.29, 1.82) is 0 Å². The van der Waals surface area contributed by atoms with Crippen molar-refractivity contribution in [2.45, 2.75) is 18.4 Å². The van der Waals surface area contributed by atoms with Gasteiger partial charge in [-0.1, -0.05) is 0 Å². The van der Waals surface area contributed by atoms with E-state index in [1.165, 1.54) is 7.11 Å². The maximum absolute atomic E-state index is 11.4. The van der Waals surface area contributed by atoms with Crippen LogP contribution >= 0.6 is 0 Å². The van der Waals surface area contributed by atoms with E-state index in [9.17, 15) is 4.79 Å². The van der Waals surface area contributed by atoms with Crippen molar-refractivity contribution < 1.29 is 14.3 Å². The molecule has 0 amide bonds. The van der Waals surface area contributed by atoms with Crippen molar-refractivity contribution >= 4 is 5.78 Å². The first-order valence-electron chi connectivity index (χ1n) is 4.08. The third kappa shape index (κ3) is 2.03. The number of hydrogen-bond donors (Lipinski definition) is 1. The zero-order valence-electron chi connectivity index (χ0n) is 7.34. The van der Waals surface area contributed by atoms with Gasteiger partial charge in [0.15, 0.2) is 5.78 Å². The van der Waals surface area contributed by atoms with E-state index in [1.807, 2.05) is 0 Å². The Morgan fingerprint density at radius 2 is 2.17 bits per heavy atom. The van der Waals surface area contributed by atoms with Crippen LogP contribution in [0, 0.1) is 0 Å². The molecule has 0 radical (unpaired) electrons. The van der Waals surface area contributed by atoms with Gasteiger partial charge in [0.1, 0.15) is 6.61 Å². The summed E-state index contributed by atoms with van der Waals surface area (Å²) in [5, 5.41) is 0. The first kappa shape index (κ1) is 9.64. The zero-order valence-corrected chi connectivity index (χ0v) is 7.34. The number of carbonyl (C=O) groups is 1. The molecular weight excluding hydrogens is 158 g/mol. The van der Waals surface area contributed by atoms with Crippen LogP contribution in [0.5, 0.6) is 0 Å². The summed E-state index contributed by atoms with van der Waals surface area (Å²) in [6, 6.07) is 0. The minimum atomic E-state index is -0.700. The zero-order chi connectivity index (χ0) is 9.03. The highest BCUT2D eigenvalue weighted by atomic mass is 16.5. The molecule has 1 heterocycles. The lowest BCUT2D eigenvalue weighted by atomic mass is 9.87. The highest BCUT2D eigenvalue weighted by Crippen LogP contribution is 2.18. The van der Waals surface area contributed by atoms with E-state index in [-0.39, 0.29) is 12.4 Å². The monoisotopic (exact) mass is 173 g/mol. The van der Waals surface area contributed by atoms with Gasteiger partial charge in [-0.25, -0.2) is 0 Å². The summed E-state index contributed by atoms with van der Waals surface area (Å²) in [7, 11) is 1.50. The number of ether oxygens (including phenoxy) is 2. The first-order valence-corrected chi connectivity index (χ1v) is 4.08. The van der Waals surface area contributed by atoms with E-state index >= 15 is 0 Å². The second-order valence-corrected chi connectivity index (χ2v) is 3.12. The lowest BCUT2D eigenvalue weighted by Crippen LogP contribution is -2.53. The molecule has 2 N–H and O–H groups in total. The maximum atomic E-state index is 11.4. The topological polar surface area (TPSA) is 61.5 Å². The fourth-order valence-corrected chi connectivity index (χ4v) is 1.29. The van der Waals surface area contributed by atoms with Gasteiger partial charge >= 0.3 is 0 Å². The Morgan fingerprint density at radius 3 is 2.67 bits per heavy atom. The molecule has 0 atom stereocenters. The molecule has 0 unspecified atom stereocenters. The number of hydrogen-bond acceptors (Lipinski definition) is 4. The fraction of sp³-hybridized carbons (Fsp3) is 0.875. The number of methoxy groups -OCH3 is 1. The third-order valence-corrected chi connectivity index (χ3v) is 2.22. The van der Waals surface area contributed by atoms with Gasteiger partial charge in [-0.3, -0.25) is 4.79 Å². The number of rotatable bonds is 3. The van der Waals surface area contributed by atoms with Gasteiger partial charge in [-0.15, -0.1) is 0 Å². The molecule has 1 saturated heterocycles. The molecule has 4 heteroatoms. The predicted octanol–water partition coefficient (Wildman–Crippen LogP) is -0.290. The van der Waals surface area contributed by atoms with Gasteiger partial charge in [0, 0.05) is 20.3 Å². The lowest BCUT2D eigenvalue weighted by molar-refractivity contribution is -0.131. The fourth-order valence-electron chi connectivity index (χ4n) is 1.29. The van der Waals surface area contributed by atoms with Crippen molar-refractivity contribution in [2.75, 3.05) is 26.9 Å². The summed E-state index contributed by atoms with van der Waals surface area (Å²) in [5.74, 6) is -0.0201. The molecule has 0 bridgehead atoms. The first-order chi connectivity index (χ1) is 5.69. The van der Waals surface area contributed by atoms with Crippen molar-refractivity contribution in [2.24, 2.45) is 5.73 Å². The molecule has 1 rings (SSSR count). The summed E-state index contributed by atoms with van der Waals surface area (Å²) in [6.45, 7) is 1.26. The van der Waals surface area contributed by atoms with Gasteiger partial charge in [0.2, 0.25) is 0 Å². The van der Waals surface area contributed by atoms with Crippen LogP contribution in [0.4, 0.5) is 0 Å². The molecule has 1 fully saturated rings. The molecule has 1 aliphatic heterocycles. The molecule has 0 aromatic carbocycles. The van der Waals surface area contributed by atoms with E-state index in [0.717, 1.165) is 0 Å². The van der Waals surface area contributed by atoms with Crippen LogP contribution in [0.1, 0.15) is 12.8 Å². The molecule has 0 aliphatic carbocycles. The predicted molar refractivity (Wildman–Crippen MR) is 43.9 cm³/mol. The van der Waals surface area contributed by atoms with E-state index in [2.05, 4.69) is 0 Å². The normalized spacial score (nSPS) is 22.2. The van der Waals surface area contributed by atoms with E-state index < -0.39 is 5.54 Å². The Hall–Kier alpha value is -0.450. The quantitative estimate of drug-likeness (QED) is 0.637. The summed E-state index contributed by atoms with van der Waals surface area (Å²) in [6.07, 6.45) is 1.21. The molecule has 0 spiro atoms. The number of nitrogens with two attached hydrogens (primary N) is 1. The molecule has 1 aliphatic rings. The Kier molecular flexibility index (Phi) is 3.20. The minimum absolute atomic E-state index is 0.0201. The average Bonchev–Trinajstić information content (AvgIpc) is 2.06. The number of ketones is 1. The SMILES string of the molecule is COCC(=O)C1(N)CCOCC1. The second kappa shape index (κ2) is 3.98. The summed E-state index contributed by atoms with van der Waals surface area (Å²) >= 11 is 0. The summed E-state index contributed by atoms with van der Waals surface area (Å²) in [5.41, 5.74) is 5.18. The Bertz CT molecular complexity index is 164. The maximum Gasteiger partial charge on any atom is 0.178 e. The van der Waals surface area contributed by atoms with Crippen LogP contribution < -0.4 is 5.73 Å². The van der Waals surface area contributed by atoms with Gasteiger partial charge in [-0.2, -0.15) is 0 Å². The largest absolute Gasteiger partial charge is 0.381 e. The molecule has 0 aromatic heterocycles. The number of carbonyl (C=O) groups excluding carboxylic acids is 1. The van der Waals surface area contributed by atoms with Crippen molar-refractivity contribution in [3.63, 3.8) is 0 Å². The van der Waals surface area contributed by atoms with Crippen LogP contribution in [0.3, 0.4) is 0 Å². The van der Waals surface area contributed by atoms with Crippen LogP contribution in [-0.4, -0.2) is 38.3 Å². The summed E-state index contributed by atoms with van der Waals surface area (Å²) in [4.78, 5) is 11.4. The molecule has 70 valence electrons. The van der Waals surface area contributed by atoms with E-state index in [4.69, 9.17) is 15.2 Å². The molecule has 12 heavy (non-hydrogen) atoms. The molecule has 0 aromatic rings. The Morgan fingerprint density at radius 1 is 1.58 bits per heavy atom. The van der Waals surface area contributed by atoms with Gasteiger partial charge in [0.05, 0.1) is 5.54 Å². The van der Waals surface area contributed by atoms with Crippen molar-refractivity contribution in [3.05, 3.63) is 0 Å². The smallest absolute Gasteiger partial charge is 0.178 e.